The van der Waals surface area contributed by atoms with Crippen molar-refractivity contribution in [3.63, 3.8) is 0 Å². The Morgan fingerprint density at radius 3 is 3.05 bits per heavy atom. The van der Waals surface area contributed by atoms with Crippen LogP contribution in [-0.2, 0) is 19.4 Å². The van der Waals surface area contributed by atoms with E-state index in [1.807, 2.05) is 23.0 Å². The molecule has 0 bridgehead atoms. The van der Waals surface area contributed by atoms with E-state index in [0.29, 0.717) is 0 Å². The summed E-state index contributed by atoms with van der Waals surface area (Å²) in [6.07, 6.45) is 6.17. The predicted octanol–water partition coefficient (Wildman–Crippen LogP) is 1.56. The Morgan fingerprint density at radius 1 is 1.30 bits per heavy atom. The number of para-hydroxylation sites is 1. The van der Waals surface area contributed by atoms with E-state index in [2.05, 4.69) is 22.4 Å². The second-order valence-electron chi connectivity index (χ2n) is 5.23. The molecular formula is C15H20N4O. The Labute approximate surface area is 118 Å². The summed E-state index contributed by atoms with van der Waals surface area (Å²) in [4.78, 5) is 0. The molecule has 106 valence electrons. The minimum Gasteiger partial charge on any atom is -0.488 e. The first-order chi connectivity index (χ1) is 9.85. The van der Waals surface area contributed by atoms with Crippen molar-refractivity contribution < 1.29 is 4.74 Å². The van der Waals surface area contributed by atoms with Gasteiger partial charge in [0.2, 0.25) is 0 Å². The molecule has 0 amide bonds. The van der Waals surface area contributed by atoms with Gasteiger partial charge in [-0.05, 0) is 37.4 Å². The van der Waals surface area contributed by atoms with E-state index in [9.17, 15) is 0 Å². The number of hydrogen-bond acceptors (Lipinski definition) is 4. The van der Waals surface area contributed by atoms with Crippen LogP contribution in [-0.4, -0.2) is 27.6 Å². The fraction of sp³-hybridized carbons (Fsp3) is 0.467. The monoisotopic (exact) mass is 272 g/mol. The number of hydrogen-bond donors (Lipinski definition) is 1. The molecule has 0 aliphatic carbocycles. The normalized spacial score (nSPS) is 16.9. The highest BCUT2D eigenvalue weighted by atomic mass is 16.5. The van der Waals surface area contributed by atoms with Crippen molar-refractivity contribution in [1.29, 1.82) is 0 Å². The number of benzene rings is 1. The number of nitrogens with two attached hydrogens (primary N) is 1. The third-order valence-corrected chi connectivity index (χ3v) is 3.58. The van der Waals surface area contributed by atoms with Gasteiger partial charge in [0.25, 0.3) is 0 Å². The molecular weight excluding hydrogens is 252 g/mol. The largest absolute Gasteiger partial charge is 0.488 e. The summed E-state index contributed by atoms with van der Waals surface area (Å²) in [6.45, 7) is 1.49. The van der Waals surface area contributed by atoms with Crippen molar-refractivity contribution >= 4 is 0 Å². The molecule has 5 heteroatoms. The van der Waals surface area contributed by atoms with E-state index in [0.717, 1.165) is 50.2 Å². The van der Waals surface area contributed by atoms with Crippen LogP contribution in [0.3, 0.4) is 0 Å². The average molecular weight is 272 g/mol. The second-order valence-corrected chi connectivity index (χ2v) is 5.23. The van der Waals surface area contributed by atoms with Crippen LogP contribution in [0.25, 0.3) is 0 Å². The minimum absolute atomic E-state index is 0.158. The van der Waals surface area contributed by atoms with Crippen LogP contribution in [0.5, 0.6) is 5.75 Å². The van der Waals surface area contributed by atoms with Crippen LogP contribution in [0, 0.1) is 0 Å². The SMILES string of the molecule is NCCCCc1cn(CC2Cc3ccccc3O2)nn1. The lowest BCUT2D eigenvalue weighted by Gasteiger charge is -2.09. The van der Waals surface area contributed by atoms with Crippen LogP contribution in [0.1, 0.15) is 24.1 Å². The molecule has 0 fully saturated rings. The van der Waals surface area contributed by atoms with E-state index in [4.69, 9.17) is 10.5 Å². The van der Waals surface area contributed by atoms with Crippen molar-refractivity contribution in [2.45, 2.75) is 38.3 Å². The van der Waals surface area contributed by atoms with E-state index in [-0.39, 0.29) is 6.10 Å². The van der Waals surface area contributed by atoms with E-state index < -0.39 is 0 Å². The highest BCUT2D eigenvalue weighted by Crippen LogP contribution is 2.28. The molecule has 0 saturated carbocycles. The second kappa shape index (κ2) is 6.05. The molecule has 1 unspecified atom stereocenters. The highest BCUT2D eigenvalue weighted by Gasteiger charge is 2.22. The maximum Gasteiger partial charge on any atom is 0.123 e. The third kappa shape index (κ3) is 2.99. The molecule has 1 atom stereocenters. The first kappa shape index (κ1) is 13.1. The van der Waals surface area contributed by atoms with Gasteiger partial charge >= 0.3 is 0 Å². The number of fused-ring (bicyclic) bond motifs is 1. The fourth-order valence-electron chi connectivity index (χ4n) is 2.56. The molecule has 1 aliphatic rings. The topological polar surface area (TPSA) is 66.0 Å². The molecule has 0 saturated heterocycles. The van der Waals surface area contributed by atoms with E-state index >= 15 is 0 Å². The zero-order chi connectivity index (χ0) is 13.8. The fourth-order valence-corrected chi connectivity index (χ4v) is 2.56. The Hall–Kier alpha value is -1.88. The van der Waals surface area contributed by atoms with Crippen LogP contribution in [0.2, 0.25) is 0 Å². The van der Waals surface area contributed by atoms with Gasteiger partial charge < -0.3 is 10.5 Å². The summed E-state index contributed by atoms with van der Waals surface area (Å²) >= 11 is 0. The summed E-state index contributed by atoms with van der Waals surface area (Å²) in [5.74, 6) is 1.00. The Bertz CT molecular complexity index is 542. The van der Waals surface area contributed by atoms with Gasteiger partial charge in [0.05, 0.1) is 12.2 Å². The van der Waals surface area contributed by atoms with Crippen molar-refractivity contribution in [3.05, 3.63) is 41.7 Å². The van der Waals surface area contributed by atoms with Crippen LogP contribution in [0.15, 0.2) is 30.5 Å². The molecule has 20 heavy (non-hydrogen) atoms. The van der Waals surface area contributed by atoms with Crippen LogP contribution in [0.4, 0.5) is 0 Å². The zero-order valence-corrected chi connectivity index (χ0v) is 11.5. The van der Waals surface area contributed by atoms with Gasteiger partial charge in [0.1, 0.15) is 11.9 Å². The first-order valence-corrected chi connectivity index (χ1v) is 7.19. The Kier molecular flexibility index (Phi) is 3.97. The van der Waals surface area contributed by atoms with Gasteiger partial charge in [0.15, 0.2) is 0 Å². The molecule has 2 aromatic rings. The smallest absolute Gasteiger partial charge is 0.123 e. The molecule has 3 rings (SSSR count). The number of aromatic nitrogens is 3. The van der Waals surface area contributed by atoms with E-state index in [1.54, 1.807) is 0 Å². The van der Waals surface area contributed by atoms with Gasteiger partial charge in [-0.2, -0.15) is 0 Å². The molecule has 5 nitrogen and oxygen atoms in total. The molecule has 2 N–H and O–H groups in total. The van der Waals surface area contributed by atoms with E-state index in [1.165, 1.54) is 5.56 Å². The number of nitrogens with zero attached hydrogens (tertiary/aromatic N) is 3. The number of rotatable bonds is 6. The maximum atomic E-state index is 5.91. The van der Waals surface area contributed by atoms with Gasteiger partial charge in [0, 0.05) is 12.6 Å². The zero-order valence-electron chi connectivity index (χ0n) is 11.5. The summed E-state index contributed by atoms with van der Waals surface area (Å²) in [5.41, 5.74) is 7.81. The number of unbranched alkanes of at least 4 members (excludes halogenated alkanes) is 1. The summed E-state index contributed by atoms with van der Waals surface area (Å²) in [7, 11) is 0. The minimum atomic E-state index is 0.158. The number of aryl methyl sites for hydroxylation is 1. The summed E-state index contributed by atoms with van der Waals surface area (Å²) < 4.78 is 7.80. The molecule has 0 spiro atoms. The lowest BCUT2D eigenvalue weighted by atomic mass is 10.1. The lowest BCUT2D eigenvalue weighted by molar-refractivity contribution is 0.202. The quantitative estimate of drug-likeness (QED) is 0.810. The van der Waals surface area contributed by atoms with Crippen molar-refractivity contribution in [3.8, 4) is 5.75 Å². The van der Waals surface area contributed by atoms with Crippen molar-refractivity contribution in [1.82, 2.24) is 15.0 Å². The van der Waals surface area contributed by atoms with Gasteiger partial charge in [-0.1, -0.05) is 23.4 Å². The van der Waals surface area contributed by atoms with Gasteiger partial charge in [-0.3, -0.25) is 0 Å². The first-order valence-electron chi connectivity index (χ1n) is 7.19. The Balaban J connectivity index is 1.55. The molecule has 1 aromatic heterocycles. The average Bonchev–Trinajstić information content (AvgIpc) is 3.05. The third-order valence-electron chi connectivity index (χ3n) is 3.58. The molecule has 1 aliphatic heterocycles. The highest BCUT2D eigenvalue weighted by molar-refractivity contribution is 5.37. The number of ether oxygens (including phenoxy) is 1. The molecule has 0 radical (unpaired) electrons. The summed E-state index contributed by atoms with van der Waals surface area (Å²) in [6, 6.07) is 8.20. The Morgan fingerprint density at radius 2 is 2.20 bits per heavy atom. The molecule has 2 heterocycles. The predicted molar refractivity (Wildman–Crippen MR) is 76.6 cm³/mol. The standard InChI is InChI=1S/C15H20N4O/c16-8-4-3-6-13-10-19(18-17-13)11-14-9-12-5-1-2-7-15(12)20-14/h1-2,5,7,10,14H,3-4,6,8-9,11,16H2. The van der Waals surface area contributed by atoms with Gasteiger partial charge in [-0.15, -0.1) is 5.10 Å². The molecule has 1 aromatic carbocycles. The van der Waals surface area contributed by atoms with Gasteiger partial charge in [-0.25, -0.2) is 4.68 Å². The van der Waals surface area contributed by atoms with Crippen molar-refractivity contribution in [2.75, 3.05) is 6.54 Å². The van der Waals surface area contributed by atoms with Crippen molar-refractivity contribution in [2.24, 2.45) is 5.73 Å². The maximum absolute atomic E-state index is 5.91. The van der Waals surface area contributed by atoms with Crippen LogP contribution >= 0.6 is 0 Å². The lowest BCUT2D eigenvalue weighted by Crippen LogP contribution is -2.21. The van der Waals surface area contributed by atoms with Crippen LogP contribution < -0.4 is 10.5 Å². The summed E-state index contributed by atoms with van der Waals surface area (Å²) in [5, 5.41) is 8.37.